The smallest absolute Gasteiger partial charge is 0.252 e. The molecule has 2 rings (SSSR count). The molecule has 0 spiro atoms. The molecule has 0 unspecified atom stereocenters. The largest absolute Gasteiger partial charge is 0.494 e. The van der Waals surface area contributed by atoms with Gasteiger partial charge in [-0.2, -0.15) is 0 Å². The van der Waals surface area contributed by atoms with Crippen LogP contribution in [0.5, 0.6) is 5.75 Å². The number of hydrogen-bond donors (Lipinski definition) is 3. The maximum absolute atomic E-state index is 12.6. The number of nitrogens with one attached hydrogen (secondary N) is 2. The maximum Gasteiger partial charge on any atom is 0.252 e. The number of hydrogen-bond acceptors (Lipinski definition) is 9. The van der Waals surface area contributed by atoms with Crippen LogP contribution < -0.4 is 20.9 Å². The number of amidine groups is 1. The van der Waals surface area contributed by atoms with Crippen LogP contribution in [0.3, 0.4) is 0 Å². The average Bonchev–Trinajstić information content (AvgIpc) is 2.76. The summed E-state index contributed by atoms with van der Waals surface area (Å²) in [6.07, 6.45) is 0.693. The van der Waals surface area contributed by atoms with Crippen molar-refractivity contribution in [2.75, 3.05) is 18.7 Å². The quantitative estimate of drug-likeness (QED) is 0.147. The Morgan fingerprint density at radius 1 is 1.24 bits per heavy atom. The number of nitrogens with zero attached hydrogens (tertiary/aromatic N) is 3. The van der Waals surface area contributed by atoms with Gasteiger partial charge in [0.05, 0.1) is 23.3 Å². The molecular weight excluding hydrogens is 396 g/mol. The van der Waals surface area contributed by atoms with E-state index in [0.29, 0.717) is 30.4 Å². The number of carbonyl (C=O) groups excluding carboxylic acids is 1. The van der Waals surface area contributed by atoms with Crippen LogP contribution in [-0.4, -0.2) is 24.7 Å². The molecule has 0 saturated carbocycles. The highest BCUT2D eigenvalue weighted by atomic mass is 32.2. The van der Waals surface area contributed by atoms with E-state index in [1.807, 2.05) is 6.92 Å². The van der Waals surface area contributed by atoms with E-state index >= 15 is 0 Å². The SMILES string of the molecule is CCCNC(=O)c1cc(OC)c(N=O)c(N=O)c1SC(=N)N(N)c1ccccc1. The molecule has 0 radical (unpaired) electrons. The number of ether oxygens (including phenoxy) is 1. The number of rotatable bonds is 8. The number of benzene rings is 2. The Morgan fingerprint density at radius 3 is 2.45 bits per heavy atom. The highest BCUT2D eigenvalue weighted by Crippen LogP contribution is 2.47. The zero-order valence-electron chi connectivity index (χ0n) is 15.8. The summed E-state index contributed by atoms with van der Waals surface area (Å²) >= 11 is 0.710. The molecule has 0 aliphatic heterocycles. The fourth-order valence-corrected chi connectivity index (χ4v) is 3.29. The fourth-order valence-electron chi connectivity index (χ4n) is 2.40. The number of nitroso groups, excluding NO2 is 2. The minimum absolute atomic E-state index is 0.0135. The van der Waals surface area contributed by atoms with Crippen molar-refractivity contribution in [3.05, 3.63) is 51.8 Å². The van der Waals surface area contributed by atoms with Crippen molar-refractivity contribution in [2.45, 2.75) is 18.2 Å². The van der Waals surface area contributed by atoms with Gasteiger partial charge in [0.2, 0.25) is 0 Å². The molecule has 152 valence electrons. The third kappa shape index (κ3) is 4.95. The highest BCUT2D eigenvalue weighted by molar-refractivity contribution is 8.14. The van der Waals surface area contributed by atoms with Crippen molar-refractivity contribution in [3.63, 3.8) is 0 Å². The molecule has 0 fully saturated rings. The van der Waals surface area contributed by atoms with Crippen molar-refractivity contribution in [1.82, 2.24) is 5.32 Å². The van der Waals surface area contributed by atoms with Crippen LogP contribution in [0.1, 0.15) is 23.7 Å². The van der Waals surface area contributed by atoms with Crippen molar-refractivity contribution in [1.29, 1.82) is 5.41 Å². The van der Waals surface area contributed by atoms with E-state index in [2.05, 4.69) is 15.7 Å². The summed E-state index contributed by atoms with van der Waals surface area (Å²) in [5, 5.41) is 17.5. The van der Waals surface area contributed by atoms with Crippen molar-refractivity contribution < 1.29 is 9.53 Å². The van der Waals surface area contributed by atoms with Crippen LogP contribution in [0.15, 0.2) is 51.6 Å². The summed E-state index contributed by atoms with van der Waals surface area (Å²) in [5.41, 5.74) is -0.205. The molecule has 2 aromatic carbocycles. The van der Waals surface area contributed by atoms with Gasteiger partial charge in [0.1, 0.15) is 0 Å². The summed E-state index contributed by atoms with van der Waals surface area (Å²) in [6.45, 7) is 2.28. The van der Waals surface area contributed by atoms with E-state index < -0.39 is 11.6 Å². The minimum Gasteiger partial charge on any atom is -0.494 e. The Kier molecular flexibility index (Phi) is 7.80. The second-order valence-corrected chi connectivity index (χ2v) is 6.70. The normalized spacial score (nSPS) is 10.2. The van der Waals surface area contributed by atoms with Gasteiger partial charge in [-0.1, -0.05) is 25.1 Å². The zero-order valence-corrected chi connectivity index (χ0v) is 16.7. The molecule has 2 aromatic rings. The van der Waals surface area contributed by atoms with E-state index in [1.54, 1.807) is 30.3 Å². The van der Waals surface area contributed by atoms with Gasteiger partial charge >= 0.3 is 0 Å². The lowest BCUT2D eigenvalue weighted by Gasteiger charge is -2.20. The standard InChI is InChI=1S/C18H20N6O4S/c1-3-9-21-17(25)12-10-13(28-2)14(22-26)15(23-27)16(12)29-18(19)24(20)11-7-5-4-6-8-11/h4-8,10,19H,3,9,20H2,1-2H3,(H,21,25). The summed E-state index contributed by atoms with van der Waals surface area (Å²) in [6, 6.07) is 9.96. The second-order valence-electron chi connectivity index (χ2n) is 5.70. The first-order chi connectivity index (χ1) is 14.0. The topological polar surface area (TPSA) is 150 Å². The molecular formula is C18H20N6O4S. The first-order valence-corrected chi connectivity index (χ1v) is 9.36. The molecule has 4 N–H and O–H groups in total. The molecule has 0 aromatic heterocycles. The second kappa shape index (κ2) is 10.3. The van der Waals surface area contributed by atoms with Gasteiger partial charge in [-0.15, -0.1) is 9.81 Å². The molecule has 0 aliphatic rings. The fraction of sp³-hybridized carbons (Fsp3) is 0.222. The number of nitrogens with two attached hydrogens (primary N) is 1. The Morgan fingerprint density at radius 2 is 1.90 bits per heavy atom. The molecule has 0 bridgehead atoms. The van der Waals surface area contributed by atoms with Gasteiger partial charge in [-0.3, -0.25) is 15.2 Å². The zero-order chi connectivity index (χ0) is 21.4. The molecule has 11 heteroatoms. The van der Waals surface area contributed by atoms with Gasteiger partial charge in [-0.05, 0) is 46.7 Å². The predicted octanol–water partition coefficient (Wildman–Crippen LogP) is 4.04. The predicted molar refractivity (Wildman–Crippen MR) is 113 cm³/mol. The number of anilines is 1. The van der Waals surface area contributed by atoms with E-state index in [-0.39, 0.29) is 27.1 Å². The summed E-state index contributed by atoms with van der Waals surface area (Å²) < 4.78 is 5.08. The van der Waals surface area contributed by atoms with Gasteiger partial charge in [0, 0.05) is 6.54 Å². The van der Waals surface area contributed by atoms with E-state index in [4.69, 9.17) is 16.0 Å². The first kappa shape index (κ1) is 22.0. The Labute approximate surface area is 171 Å². The summed E-state index contributed by atoms with van der Waals surface area (Å²) in [7, 11) is 1.28. The van der Waals surface area contributed by atoms with Crippen LogP contribution in [0.4, 0.5) is 17.1 Å². The third-order valence-corrected chi connectivity index (χ3v) is 4.83. The van der Waals surface area contributed by atoms with Gasteiger partial charge < -0.3 is 10.1 Å². The van der Waals surface area contributed by atoms with Gasteiger partial charge in [0.25, 0.3) is 5.91 Å². The lowest BCUT2D eigenvalue weighted by molar-refractivity contribution is 0.0950. The maximum atomic E-state index is 12.6. The van der Waals surface area contributed by atoms with Gasteiger partial charge in [0.15, 0.2) is 22.3 Å². The Bertz CT molecular complexity index is 922. The van der Waals surface area contributed by atoms with Crippen LogP contribution in [-0.2, 0) is 0 Å². The van der Waals surface area contributed by atoms with E-state index in [1.165, 1.54) is 13.2 Å². The third-order valence-electron chi connectivity index (χ3n) is 3.83. The molecule has 1 amide bonds. The Balaban J connectivity index is 2.54. The van der Waals surface area contributed by atoms with Crippen molar-refractivity contribution in [3.8, 4) is 5.75 Å². The van der Waals surface area contributed by atoms with Crippen LogP contribution in [0.25, 0.3) is 0 Å². The number of hydrazine groups is 1. The first-order valence-electron chi connectivity index (χ1n) is 8.54. The molecule has 0 aliphatic carbocycles. The summed E-state index contributed by atoms with van der Waals surface area (Å²) in [4.78, 5) is 35.4. The van der Waals surface area contributed by atoms with Crippen LogP contribution in [0.2, 0.25) is 0 Å². The molecule has 29 heavy (non-hydrogen) atoms. The van der Waals surface area contributed by atoms with Gasteiger partial charge in [-0.25, -0.2) is 5.84 Å². The average molecular weight is 416 g/mol. The number of thioether (sulfide) groups is 1. The lowest BCUT2D eigenvalue weighted by Crippen LogP contribution is -2.35. The number of methoxy groups -OCH3 is 1. The van der Waals surface area contributed by atoms with Crippen LogP contribution >= 0.6 is 11.8 Å². The highest BCUT2D eigenvalue weighted by Gasteiger charge is 2.27. The molecule has 0 atom stereocenters. The number of para-hydroxylation sites is 1. The summed E-state index contributed by atoms with van der Waals surface area (Å²) in [5.74, 6) is 5.40. The number of carbonyl (C=O) groups is 1. The molecule has 10 nitrogen and oxygen atoms in total. The monoisotopic (exact) mass is 416 g/mol. The van der Waals surface area contributed by atoms with E-state index in [0.717, 1.165) is 5.01 Å². The Hall–Kier alpha value is -3.31. The lowest BCUT2D eigenvalue weighted by atomic mass is 10.1. The number of amides is 1. The van der Waals surface area contributed by atoms with Crippen molar-refractivity contribution >= 4 is 39.9 Å². The van der Waals surface area contributed by atoms with E-state index in [9.17, 15) is 14.6 Å². The minimum atomic E-state index is -0.508. The molecule has 0 saturated heterocycles. The van der Waals surface area contributed by atoms with Crippen LogP contribution in [0, 0.1) is 15.2 Å². The molecule has 0 heterocycles. The van der Waals surface area contributed by atoms with Crippen molar-refractivity contribution in [2.24, 2.45) is 16.2 Å².